The second kappa shape index (κ2) is 4.50. The fourth-order valence-electron chi connectivity index (χ4n) is 0.751. The minimum Gasteiger partial charge on any atom is -0.421 e. The van der Waals surface area contributed by atoms with E-state index in [9.17, 15) is 9.59 Å². The number of Topliss-reactive ketones (excluding diaryl/α,β-unsaturated/α-hetero) is 1. The van der Waals surface area contributed by atoms with Gasteiger partial charge in [-0.15, -0.1) is 0 Å². The molecular formula is C9H8O5. The summed E-state index contributed by atoms with van der Waals surface area (Å²) in [5.41, 5.74) is 0. The molecular weight excluding hydrogens is 188 g/mol. The van der Waals surface area contributed by atoms with Crippen molar-refractivity contribution in [3.05, 3.63) is 30.3 Å². The number of hydrogen-bond donors (Lipinski definition) is 2. The van der Waals surface area contributed by atoms with E-state index in [1.165, 1.54) is 12.1 Å². The average Bonchev–Trinajstić information content (AvgIpc) is 2.18. The number of esters is 1. The summed E-state index contributed by atoms with van der Waals surface area (Å²) in [6.45, 7) is 0. The van der Waals surface area contributed by atoms with Crippen molar-refractivity contribution in [3.63, 3.8) is 0 Å². The quantitative estimate of drug-likeness (QED) is 0.294. The summed E-state index contributed by atoms with van der Waals surface area (Å²) in [7, 11) is 0. The lowest BCUT2D eigenvalue weighted by atomic mass is 10.3. The first-order chi connectivity index (χ1) is 6.61. The van der Waals surface area contributed by atoms with Crippen LogP contribution in [0.25, 0.3) is 0 Å². The van der Waals surface area contributed by atoms with E-state index >= 15 is 0 Å². The zero-order chi connectivity index (χ0) is 10.6. The number of rotatable bonds is 3. The summed E-state index contributed by atoms with van der Waals surface area (Å²) in [5, 5.41) is 16.7. The molecule has 14 heavy (non-hydrogen) atoms. The second-order valence-corrected chi connectivity index (χ2v) is 2.44. The Labute approximate surface area is 79.6 Å². The summed E-state index contributed by atoms with van der Waals surface area (Å²) in [5.74, 6) is -2.52. The summed E-state index contributed by atoms with van der Waals surface area (Å²) >= 11 is 0. The first-order valence-corrected chi connectivity index (χ1v) is 3.78. The first kappa shape index (κ1) is 10.4. The van der Waals surface area contributed by atoms with Crippen LogP contribution in [0.1, 0.15) is 0 Å². The molecule has 1 aromatic carbocycles. The Morgan fingerprint density at radius 1 is 1.14 bits per heavy atom. The number of carbonyl (C=O) groups excluding carboxylic acids is 2. The standard InChI is InChI=1S/C9H8O5/c10-7(8(11)12)9(13)14-6-4-2-1-3-5-6/h1-5,8,11-12H. The van der Waals surface area contributed by atoms with Crippen molar-refractivity contribution in [1.29, 1.82) is 0 Å². The minimum absolute atomic E-state index is 0.173. The van der Waals surface area contributed by atoms with Gasteiger partial charge in [0.15, 0.2) is 0 Å². The molecule has 0 aliphatic heterocycles. The van der Waals surface area contributed by atoms with E-state index in [1.807, 2.05) is 0 Å². The molecule has 0 amide bonds. The molecule has 0 spiro atoms. The Morgan fingerprint density at radius 3 is 2.21 bits per heavy atom. The average molecular weight is 196 g/mol. The molecule has 74 valence electrons. The van der Waals surface area contributed by atoms with Gasteiger partial charge in [-0.05, 0) is 12.1 Å². The van der Waals surface area contributed by atoms with E-state index in [1.54, 1.807) is 18.2 Å². The number of benzene rings is 1. The van der Waals surface area contributed by atoms with Crippen LogP contribution in [-0.4, -0.2) is 28.3 Å². The summed E-state index contributed by atoms with van der Waals surface area (Å²) < 4.78 is 4.53. The van der Waals surface area contributed by atoms with Crippen molar-refractivity contribution >= 4 is 11.8 Å². The van der Waals surface area contributed by atoms with Crippen LogP contribution in [0, 0.1) is 0 Å². The van der Waals surface area contributed by atoms with Crippen molar-refractivity contribution in [2.45, 2.75) is 6.29 Å². The lowest BCUT2D eigenvalue weighted by molar-refractivity contribution is -0.161. The van der Waals surface area contributed by atoms with Gasteiger partial charge < -0.3 is 14.9 Å². The first-order valence-electron chi connectivity index (χ1n) is 3.78. The maximum Gasteiger partial charge on any atom is 0.385 e. The molecule has 5 heteroatoms. The van der Waals surface area contributed by atoms with Gasteiger partial charge in [0.2, 0.25) is 6.29 Å². The Hall–Kier alpha value is -1.72. The molecule has 0 unspecified atom stereocenters. The normalized spacial score (nSPS) is 9.93. The third-order valence-corrected chi connectivity index (χ3v) is 1.39. The number of carbonyl (C=O) groups is 2. The third-order valence-electron chi connectivity index (χ3n) is 1.39. The number of ketones is 1. The van der Waals surface area contributed by atoms with Gasteiger partial charge in [0.05, 0.1) is 0 Å². The smallest absolute Gasteiger partial charge is 0.385 e. The fraction of sp³-hybridized carbons (Fsp3) is 0.111. The molecule has 0 atom stereocenters. The Morgan fingerprint density at radius 2 is 1.71 bits per heavy atom. The Bertz CT molecular complexity index is 330. The third kappa shape index (κ3) is 2.65. The Balaban J connectivity index is 2.63. The predicted octanol–water partition coefficient (Wildman–Crippen LogP) is -0.528. The van der Waals surface area contributed by atoms with Crippen LogP contribution in [-0.2, 0) is 9.59 Å². The highest BCUT2D eigenvalue weighted by Crippen LogP contribution is 2.08. The van der Waals surface area contributed by atoms with Crippen LogP contribution in [0.2, 0.25) is 0 Å². The van der Waals surface area contributed by atoms with Crippen molar-refractivity contribution in [1.82, 2.24) is 0 Å². The van der Waals surface area contributed by atoms with Gasteiger partial charge in [0, 0.05) is 0 Å². The molecule has 1 aromatic rings. The highest BCUT2D eigenvalue weighted by Gasteiger charge is 2.22. The number of aliphatic hydroxyl groups is 2. The summed E-state index contributed by atoms with van der Waals surface area (Å²) in [4.78, 5) is 21.5. The van der Waals surface area contributed by atoms with Crippen molar-refractivity contribution < 1.29 is 24.5 Å². The number of ether oxygens (including phenoxy) is 1. The number of hydrogen-bond acceptors (Lipinski definition) is 5. The molecule has 0 radical (unpaired) electrons. The summed E-state index contributed by atoms with van der Waals surface area (Å²) in [6.07, 6.45) is -2.33. The maximum absolute atomic E-state index is 10.9. The largest absolute Gasteiger partial charge is 0.421 e. The van der Waals surface area contributed by atoms with Crippen LogP contribution in [0.3, 0.4) is 0 Å². The Kier molecular flexibility index (Phi) is 3.33. The number of para-hydroxylation sites is 1. The zero-order valence-electron chi connectivity index (χ0n) is 7.08. The van der Waals surface area contributed by atoms with Crippen molar-refractivity contribution in [2.24, 2.45) is 0 Å². The molecule has 0 aromatic heterocycles. The molecule has 0 saturated carbocycles. The van der Waals surface area contributed by atoms with E-state index in [4.69, 9.17) is 10.2 Å². The van der Waals surface area contributed by atoms with Crippen LogP contribution in [0.4, 0.5) is 0 Å². The fourth-order valence-corrected chi connectivity index (χ4v) is 0.751. The van der Waals surface area contributed by atoms with Crippen molar-refractivity contribution in [2.75, 3.05) is 0 Å². The lowest BCUT2D eigenvalue weighted by Crippen LogP contribution is -2.31. The monoisotopic (exact) mass is 196 g/mol. The molecule has 0 fully saturated rings. The second-order valence-electron chi connectivity index (χ2n) is 2.44. The molecule has 0 heterocycles. The highest BCUT2D eigenvalue weighted by molar-refractivity contribution is 6.35. The maximum atomic E-state index is 10.9. The van der Waals surface area contributed by atoms with Gasteiger partial charge in [0.1, 0.15) is 5.75 Å². The van der Waals surface area contributed by atoms with E-state index in [2.05, 4.69) is 4.74 Å². The minimum atomic E-state index is -2.33. The van der Waals surface area contributed by atoms with E-state index in [0.717, 1.165) is 0 Å². The highest BCUT2D eigenvalue weighted by atomic mass is 16.6. The van der Waals surface area contributed by atoms with Gasteiger partial charge in [-0.25, -0.2) is 4.79 Å². The molecule has 0 aliphatic rings. The van der Waals surface area contributed by atoms with Crippen LogP contribution in [0.5, 0.6) is 5.75 Å². The van der Waals surface area contributed by atoms with Crippen LogP contribution < -0.4 is 4.74 Å². The predicted molar refractivity (Wildman–Crippen MR) is 45.3 cm³/mol. The molecule has 5 nitrogen and oxygen atoms in total. The van der Waals surface area contributed by atoms with Gasteiger partial charge in [-0.2, -0.15) is 0 Å². The van der Waals surface area contributed by atoms with Crippen LogP contribution in [0.15, 0.2) is 30.3 Å². The van der Waals surface area contributed by atoms with Gasteiger partial charge in [0.25, 0.3) is 5.78 Å². The summed E-state index contributed by atoms with van der Waals surface area (Å²) in [6, 6.07) is 7.87. The molecule has 2 N–H and O–H groups in total. The molecule has 1 rings (SSSR count). The number of aliphatic hydroxyl groups excluding tert-OH is 1. The topological polar surface area (TPSA) is 83.8 Å². The molecule has 0 aliphatic carbocycles. The zero-order valence-corrected chi connectivity index (χ0v) is 7.08. The van der Waals surface area contributed by atoms with Gasteiger partial charge in [-0.1, -0.05) is 18.2 Å². The van der Waals surface area contributed by atoms with Gasteiger partial charge in [-0.3, -0.25) is 4.79 Å². The van der Waals surface area contributed by atoms with Gasteiger partial charge >= 0.3 is 5.97 Å². The van der Waals surface area contributed by atoms with E-state index in [0.29, 0.717) is 0 Å². The lowest BCUT2D eigenvalue weighted by Gasteiger charge is -2.03. The SMILES string of the molecule is O=C(Oc1ccccc1)C(=O)C(O)O. The molecule has 0 bridgehead atoms. The van der Waals surface area contributed by atoms with E-state index in [-0.39, 0.29) is 5.75 Å². The van der Waals surface area contributed by atoms with E-state index < -0.39 is 18.0 Å². The van der Waals surface area contributed by atoms with Crippen LogP contribution >= 0.6 is 0 Å². The molecule has 0 saturated heterocycles. The van der Waals surface area contributed by atoms with Crippen molar-refractivity contribution in [3.8, 4) is 5.75 Å².